The van der Waals surface area contributed by atoms with E-state index in [1.54, 1.807) is 12.1 Å². The fraction of sp³-hybridized carbons (Fsp3) is 0.409. The zero-order valence-corrected chi connectivity index (χ0v) is 19.5. The first-order valence-electron chi connectivity index (χ1n) is 10.1. The van der Waals surface area contributed by atoms with E-state index < -0.39 is 10.0 Å². The summed E-state index contributed by atoms with van der Waals surface area (Å²) in [7, 11) is -3.57. The highest BCUT2D eigenvalue weighted by Gasteiger charge is 2.29. The zero-order chi connectivity index (χ0) is 21.6. The normalized spacial score (nSPS) is 16.2. The van der Waals surface area contributed by atoms with Crippen LogP contribution in [0.2, 0.25) is 0 Å². The van der Waals surface area contributed by atoms with Crippen LogP contribution in [0.25, 0.3) is 0 Å². The van der Waals surface area contributed by atoms with Crippen LogP contribution in [0, 0.1) is 0 Å². The van der Waals surface area contributed by atoms with Crippen LogP contribution in [0.5, 0.6) is 0 Å². The third-order valence-corrected chi connectivity index (χ3v) is 7.66. The monoisotopic (exact) mass is 494 g/mol. The Labute approximate surface area is 187 Å². The first kappa shape index (κ1) is 22.9. The van der Waals surface area contributed by atoms with Gasteiger partial charge < -0.3 is 4.74 Å². The number of benzene rings is 2. The average Bonchev–Trinajstić information content (AvgIpc) is 2.99. The topological polar surface area (TPSA) is 66.9 Å². The summed E-state index contributed by atoms with van der Waals surface area (Å²) in [5, 5.41) is 0. The molecule has 162 valence electrons. The van der Waals surface area contributed by atoms with Gasteiger partial charge in [0.05, 0.1) is 11.4 Å². The van der Waals surface area contributed by atoms with Crippen LogP contribution >= 0.6 is 15.9 Å². The van der Waals surface area contributed by atoms with Gasteiger partial charge in [0, 0.05) is 30.7 Å². The van der Waals surface area contributed by atoms with Crippen molar-refractivity contribution in [2.75, 3.05) is 32.7 Å². The molecule has 1 saturated heterocycles. The summed E-state index contributed by atoms with van der Waals surface area (Å²) >= 11 is 3.41. The SMILES string of the molecule is CCc1cc(Br)ccc1S(=O)(=O)N1CCCN(CC(=O)OCc2ccccc2)CC1. The molecule has 0 aromatic heterocycles. The zero-order valence-electron chi connectivity index (χ0n) is 17.1. The number of nitrogens with zero attached hydrogens (tertiary/aromatic N) is 2. The van der Waals surface area contributed by atoms with E-state index in [-0.39, 0.29) is 19.1 Å². The van der Waals surface area contributed by atoms with Crippen molar-refractivity contribution in [3.05, 3.63) is 64.1 Å². The number of esters is 1. The lowest BCUT2D eigenvalue weighted by atomic mass is 10.2. The van der Waals surface area contributed by atoms with Crippen molar-refractivity contribution >= 4 is 31.9 Å². The van der Waals surface area contributed by atoms with Gasteiger partial charge in [-0.3, -0.25) is 9.69 Å². The van der Waals surface area contributed by atoms with Crippen LogP contribution in [0.4, 0.5) is 0 Å². The van der Waals surface area contributed by atoms with Gasteiger partial charge in [-0.1, -0.05) is 53.2 Å². The minimum Gasteiger partial charge on any atom is -0.460 e. The van der Waals surface area contributed by atoms with Crippen LogP contribution in [0.1, 0.15) is 24.5 Å². The molecule has 0 unspecified atom stereocenters. The minimum atomic E-state index is -3.57. The van der Waals surface area contributed by atoms with Gasteiger partial charge in [-0.05, 0) is 42.2 Å². The van der Waals surface area contributed by atoms with E-state index in [0.717, 1.165) is 15.6 Å². The summed E-state index contributed by atoms with van der Waals surface area (Å²) in [6.45, 7) is 4.32. The Kier molecular flexibility index (Phi) is 8.05. The summed E-state index contributed by atoms with van der Waals surface area (Å²) in [6.07, 6.45) is 1.31. The van der Waals surface area contributed by atoms with Gasteiger partial charge in [0.15, 0.2) is 0 Å². The van der Waals surface area contributed by atoms with Crippen molar-refractivity contribution in [1.82, 2.24) is 9.21 Å². The molecular formula is C22H27BrN2O4S. The number of rotatable bonds is 7. The van der Waals surface area contributed by atoms with Crippen LogP contribution in [-0.4, -0.2) is 56.3 Å². The molecule has 1 heterocycles. The minimum absolute atomic E-state index is 0.166. The summed E-state index contributed by atoms with van der Waals surface area (Å²) in [5.74, 6) is -0.295. The Hall–Kier alpha value is -1.74. The molecule has 1 aliphatic heterocycles. The van der Waals surface area contributed by atoms with Gasteiger partial charge >= 0.3 is 5.97 Å². The second-order valence-corrected chi connectivity index (χ2v) is 10.1. The maximum absolute atomic E-state index is 13.2. The van der Waals surface area contributed by atoms with Gasteiger partial charge in [-0.25, -0.2) is 8.42 Å². The molecule has 0 bridgehead atoms. The second kappa shape index (κ2) is 10.5. The van der Waals surface area contributed by atoms with Crippen molar-refractivity contribution in [3.63, 3.8) is 0 Å². The van der Waals surface area contributed by atoms with Gasteiger partial charge in [0.25, 0.3) is 0 Å². The van der Waals surface area contributed by atoms with Crippen LogP contribution < -0.4 is 0 Å². The number of hydrogen-bond acceptors (Lipinski definition) is 5. The third kappa shape index (κ3) is 5.91. The van der Waals surface area contributed by atoms with E-state index in [9.17, 15) is 13.2 Å². The number of ether oxygens (including phenoxy) is 1. The molecule has 1 fully saturated rings. The van der Waals surface area contributed by atoms with Crippen molar-refractivity contribution in [3.8, 4) is 0 Å². The van der Waals surface area contributed by atoms with Crippen molar-refractivity contribution in [2.24, 2.45) is 0 Å². The average molecular weight is 495 g/mol. The van der Waals surface area contributed by atoms with Gasteiger partial charge in [-0.15, -0.1) is 0 Å². The molecule has 0 atom stereocenters. The molecule has 6 nitrogen and oxygen atoms in total. The first-order valence-corrected chi connectivity index (χ1v) is 12.3. The molecule has 30 heavy (non-hydrogen) atoms. The largest absolute Gasteiger partial charge is 0.460 e. The molecular weight excluding hydrogens is 468 g/mol. The number of halogens is 1. The van der Waals surface area contributed by atoms with Crippen molar-refractivity contribution in [2.45, 2.75) is 31.3 Å². The molecule has 0 saturated carbocycles. The van der Waals surface area contributed by atoms with Crippen molar-refractivity contribution < 1.29 is 17.9 Å². The number of carbonyl (C=O) groups is 1. The molecule has 0 amide bonds. The smallest absolute Gasteiger partial charge is 0.320 e. The van der Waals surface area contributed by atoms with Gasteiger partial charge in [0.1, 0.15) is 6.61 Å². The van der Waals surface area contributed by atoms with E-state index in [1.165, 1.54) is 4.31 Å². The predicted octanol–water partition coefficient (Wildman–Crippen LogP) is 3.45. The Morgan fingerprint density at radius 3 is 2.57 bits per heavy atom. The third-order valence-electron chi connectivity index (χ3n) is 5.16. The molecule has 8 heteroatoms. The number of aryl methyl sites for hydroxylation is 1. The quantitative estimate of drug-likeness (QED) is 0.551. The maximum Gasteiger partial charge on any atom is 0.320 e. The summed E-state index contributed by atoms with van der Waals surface area (Å²) in [4.78, 5) is 14.5. The highest BCUT2D eigenvalue weighted by molar-refractivity contribution is 9.10. The summed E-state index contributed by atoms with van der Waals surface area (Å²) in [6, 6.07) is 14.8. The maximum atomic E-state index is 13.2. The molecule has 0 aliphatic carbocycles. The summed E-state index contributed by atoms with van der Waals surface area (Å²) in [5.41, 5.74) is 1.75. The summed E-state index contributed by atoms with van der Waals surface area (Å²) < 4.78 is 34.2. The van der Waals surface area contributed by atoms with Gasteiger partial charge in [0.2, 0.25) is 10.0 Å². The van der Waals surface area contributed by atoms with Crippen LogP contribution in [0.3, 0.4) is 0 Å². The fourth-order valence-corrected chi connectivity index (χ4v) is 5.68. The Balaban J connectivity index is 1.58. The van der Waals surface area contributed by atoms with E-state index in [2.05, 4.69) is 15.9 Å². The lowest BCUT2D eigenvalue weighted by Gasteiger charge is -2.22. The fourth-order valence-electron chi connectivity index (χ4n) is 3.53. The standard InChI is InChI=1S/C22H27BrN2O4S/c1-2-19-15-20(23)9-10-21(19)30(27,28)25-12-6-11-24(13-14-25)16-22(26)29-17-18-7-4-3-5-8-18/h3-5,7-10,15H,2,6,11-14,16-17H2,1H3. The lowest BCUT2D eigenvalue weighted by Crippen LogP contribution is -2.37. The molecule has 0 radical (unpaired) electrons. The van der Waals surface area contributed by atoms with Crippen molar-refractivity contribution in [1.29, 1.82) is 0 Å². The molecule has 3 rings (SSSR count). The number of carbonyl (C=O) groups excluding carboxylic acids is 1. The van der Waals surface area contributed by atoms with E-state index in [4.69, 9.17) is 4.74 Å². The van der Waals surface area contributed by atoms with Crippen LogP contribution in [0.15, 0.2) is 57.9 Å². The molecule has 2 aromatic carbocycles. The molecule has 0 spiro atoms. The number of sulfonamides is 1. The van der Waals surface area contributed by atoms with Crippen LogP contribution in [-0.2, 0) is 32.6 Å². The molecule has 0 N–H and O–H groups in total. The lowest BCUT2D eigenvalue weighted by molar-refractivity contribution is -0.146. The predicted molar refractivity (Wildman–Crippen MR) is 120 cm³/mol. The van der Waals surface area contributed by atoms with E-state index in [0.29, 0.717) is 43.9 Å². The van der Waals surface area contributed by atoms with E-state index in [1.807, 2.05) is 48.2 Å². The highest BCUT2D eigenvalue weighted by atomic mass is 79.9. The van der Waals surface area contributed by atoms with Gasteiger partial charge in [-0.2, -0.15) is 4.31 Å². The van der Waals surface area contributed by atoms with E-state index >= 15 is 0 Å². The second-order valence-electron chi connectivity index (χ2n) is 7.29. The first-order chi connectivity index (χ1) is 14.4. The highest BCUT2D eigenvalue weighted by Crippen LogP contribution is 2.25. The Morgan fingerprint density at radius 1 is 1.07 bits per heavy atom. The molecule has 1 aliphatic rings. The number of hydrogen-bond donors (Lipinski definition) is 0. The Bertz CT molecular complexity index is 966. The Morgan fingerprint density at radius 2 is 1.83 bits per heavy atom. The molecule has 2 aromatic rings.